The average molecular weight is 292 g/mol. The quantitative estimate of drug-likeness (QED) is 0.587. The highest BCUT2D eigenvalue weighted by atomic mass is 19.4. The smallest absolute Gasteiger partial charge is 0.411 e. The molecule has 3 N–H and O–H groups in total. The number of amides is 1. The lowest BCUT2D eigenvalue weighted by Crippen LogP contribution is -2.32. The first-order valence-electron chi connectivity index (χ1n) is 5.76. The van der Waals surface area contributed by atoms with E-state index in [1.165, 1.54) is 0 Å². The van der Waals surface area contributed by atoms with Gasteiger partial charge in [-0.1, -0.05) is 6.07 Å². The second-order valence-corrected chi connectivity index (χ2v) is 3.88. The van der Waals surface area contributed by atoms with Gasteiger partial charge < -0.3 is 20.5 Å². The van der Waals surface area contributed by atoms with Gasteiger partial charge in [0.05, 0.1) is 6.54 Å². The van der Waals surface area contributed by atoms with Crippen LogP contribution in [-0.2, 0) is 9.53 Å². The maximum absolute atomic E-state index is 11.7. The first kappa shape index (κ1) is 16.1. The summed E-state index contributed by atoms with van der Waals surface area (Å²) in [5.74, 6) is -0.0852. The molecule has 0 bridgehead atoms. The third-order valence-corrected chi connectivity index (χ3v) is 2.05. The zero-order chi connectivity index (χ0) is 15.0. The number of rotatable bonds is 7. The monoisotopic (exact) mass is 292 g/mol. The Bertz CT molecular complexity index is 438. The highest BCUT2D eigenvalue weighted by Gasteiger charge is 2.27. The number of nitrogens with two attached hydrogens (primary N) is 1. The molecule has 0 fully saturated rings. The summed E-state index contributed by atoms with van der Waals surface area (Å²) in [5.41, 5.74) is 6.09. The molecule has 0 radical (unpaired) electrons. The molecule has 0 atom stereocenters. The fraction of sp³-hybridized carbons (Fsp3) is 0.417. The molecule has 0 aliphatic heterocycles. The summed E-state index contributed by atoms with van der Waals surface area (Å²) in [5, 5.41) is 2.37. The van der Waals surface area contributed by atoms with E-state index in [1.807, 2.05) is 0 Å². The van der Waals surface area contributed by atoms with Crippen LogP contribution in [0.2, 0.25) is 0 Å². The molecule has 0 aromatic heterocycles. The van der Waals surface area contributed by atoms with E-state index < -0.39 is 25.3 Å². The lowest BCUT2D eigenvalue weighted by molar-refractivity contribution is -0.175. The molecule has 8 heteroatoms. The van der Waals surface area contributed by atoms with Gasteiger partial charge in [0, 0.05) is 11.8 Å². The third kappa shape index (κ3) is 7.47. The maximum atomic E-state index is 11.7. The lowest BCUT2D eigenvalue weighted by Gasteiger charge is -2.09. The van der Waals surface area contributed by atoms with Gasteiger partial charge in [-0.05, 0) is 12.1 Å². The van der Waals surface area contributed by atoms with Crippen molar-refractivity contribution in [1.29, 1.82) is 0 Å². The number of hydrogen-bond donors (Lipinski definition) is 2. The molecule has 0 spiro atoms. The van der Waals surface area contributed by atoms with Crippen LogP contribution in [0.25, 0.3) is 0 Å². The Morgan fingerprint density at radius 1 is 1.35 bits per heavy atom. The van der Waals surface area contributed by atoms with Gasteiger partial charge in [-0.25, -0.2) is 0 Å². The topological polar surface area (TPSA) is 73.6 Å². The number of carbonyl (C=O) groups excluding carboxylic acids is 1. The first-order chi connectivity index (χ1) is 9.37. The van der Waals surface area contributed by atoms with Gasteiger partial charge in [0.2, 0.25) is 5.91 Å². The van der Waals surface area contributed by atoms with Crippen LogP contribution in [0.15, 0.2) is 24.3 Å². The molecular weight excluding hydrogens is 277 g/mol. The predicted octanol–water partition coefficient (Wildman–Crippen LogP) is 1.34. The zero-order valence-electron chi connectivity index (χ0n) is 10.6. The van der Waals surface area contributed by atoms with E-state index in [9.17, 15) is 18.0 Å². The van der Waals surface area contributed by atoms with Gasteiger partial charge >= 0.3 is 6.18 Å². The summed E-state index contributed by atoms with van der Waals surface area (Å²) in [6.07, 6.45) is -4.43. The highest BCUT2D eigenvalue weighted by Crippen LogP contribution is 2.14. The van der Waals surface area contributed by atoms with E-state index in [1.54, 1.807) is 24.3 Å². The van der Waals surface area contributed by atoms with Crippen LogP contribution < -0.4 is 15.8 Å². The molecule has 5 nitrogen and oxygen atoms in total. The largest absolute Gasteiger partial charge is 0.492 e. The van der Waals surface area contributed by atoms with E-state index in [0.29, 0.717) is 11.4 Å². The summed E-state index contributed by atoms with van der Waals surface area (Å²) in [6.45, 7) is -1.75. The number of carbonyl (C=O) groups is 1. The summed E-state index contributed by atoms with van der Waals surface area (Å²) in [4.78, 5) is 11.1. The molecule has 1 rings (SSSR count). The van der Waals surface area contributed by atoms with Crippen LogP contribution in [0, 0.1) is 0 Å². The zero-order valence-corrected chi connectivity index (χ0v) is 10.6. The van der Waals surface area contributed by atoms with Gasteiger partial charge in [0.25, 0.3) is 0 Å². The van der Waals surface area contributed by atoms with Gasteiger partial charge in [-0.3, -0.25) is 4.79 Å². The minimum Gasteiger partial charge on any atom is -0.492 e. The molecule has 0 aliphatic carbocycles. The molecule has 1 aromatic rings. The highest BCUT2D eigenvalue weighted by molar-refractivity contribution is 5.77. The SMILES string of the molecule is Nc1cccc(OCCNC(=O)COCC(F)(F)F)c1. The second-order valence-electron chi connectivity index (χ2n) is 3.88. The molecular formula is C12H15F3N2O3. The average Bonchev–Trinajstić information content (AvgIpc) is 2.33. The number of alkyl halides is 3. The number of nitrogens with one attached hydrogen (secondary N) is 1. The van der Waals surface area contributed by atoms with E-state index in [-0.39, 0.29) is 13.2 Å². The number of nitrogen functional groups attached to an aromatic ring is 1. The minimum absolute atomic E-state index is 0.156. The van der Waals surface area contributed by atoms with Crippen molar-refractivity contribution in [3.63, 3.8) is 0 Å². The van der Waals surface area contributed by atoms with Crippen molar-refractivity contribution in [3.8, 4) is 5.75 Å². The van der Waals surface area contributed by atoms with Gasteiger partial charge in [0.1, 0.15) is 25.6 Å². The maximum Gasteiger partial charge on any atom is 0.411 e. The lowest BCUT2D eigenvalue weighted by atomic mass is 10.3. The predicted molar refractivity (Wildman–Crippen MR) is 66.2 cm³/mol. The van der Waals surface area contributed by atoms with Crippen molar-refractivity contribution >= 4 is 11.6 Å². The number of ether oxygens (including phenoxy) is 2. The molecule has 0 heterocycles. The van der Waals surface area contributed by atoms with Crippen LogP contribution >= 0.6 is 0 Å². The summed E-state index contributed by atoms with van der Waals surface area (Å²) in [6, 6.07) is 6.74. The molecule has 0 unspecified atom stereocenters. The van der Waals surface area contributed by atoms with Crippen LogP contribution in [-0.4, -0.2) is 38.4 Å². The fourth-order valence-corrected chi connectivity index (χ4v) is 1.27. The molecule has 1 aromatic carbocycles. The number of anilines is 1. The number of halogens is 3. The second kappa shape index (κ2) is 7.59. The van der Waals surface area contributed by atoms with E-state index in [0.717, 1.165) is 0 Å². The molecule has 1 amide bonds. The van der Waals surface area contributed by atoms with Crippen molar-refractivity contribution in [2.45, 2.75) is 6.18 Å². The van der Waals surface area contributed by atoms with E-state index >= 15 is 0 Å². The molecule has 0 saturated heterocycles. The minimum atomic E-state index is -4.43. The first-order valence-corrected chi connectivity index (χ1v) is 5.76. The van der Waals surface area contributed by atoms with Crippen LogP contribution in [0.3, 0.4) is 0 Å². The van der Waals surface area contributed by atoms with Crippen molar-refractivity contribution in [2.24, 2.45) is 0 Å². The standard InChI is InChI=1S/C12H15F3N2O3/c13-12(14,15)8-19-7-11(18)17-4-5-20-10-3-1-2-9(16)6-10/h1-3,6H,4-5,7-8,16H2,(H,17,18). The van der Waals surface area contributed by atoms with Crippen LogP contribution in [0.5, 0.6) is 5.75 Å². The normalized spacial score (nSPS) is 11.2. The van der Waals surface area contributed by atoms with Crippen LogP contribution in [0.4, 0.5) is 18.9 Å². The van der Waals surface area contributed by atoms with Gasteiger partial charge in [-0.15, -0.1) is 0 Å². The Labute approximate surface area is 113 Å². The van der Waals surface area contributed by atoms with Crippen molar-refractivity contribution in [1.82, 2.24) is 5.32 Å². The van der Waals surface area contributed by atoms with Crippen LogP contribution in [0.1, 0.15) is 0 Å². The van der Waals surface area contributed by atoms with Crippen molar-refractivity contribution in [2.75, 3.05) is 32.1 Å². The summed E-state index contributed by atoms with van der Waals surface area (Å²) >= 11 is 0. The Hall–Kier alpha value is -1.96. The van der Waals surface area contributed by atoms with Gasteiger partial charge in [0.15, 0.2) is 0 Å². The molecule has 0 saturated carbocycles. The summed E-state index contributed by atoms with van der Waals surface area (Å²) < 4.78 is 44.7. The van der Waals surface area contributed by atoms with Gasteiger partial charge in [-0.2, -0.15) is 13.2 Å². The van der Waals surface area contributed by atoms with Crippen molar-refractivity contribution < 1.29 is 27.4 Å². The summed E-state index contributed by atoms with van der Waals surface area (Å²) in [7, 11) is 0. The number of hydrogen-bond acceptors (Lipinski definition) is 4. The molecule has 0 aliphatic rings. The van der Waals surface area contributed by atoms with Crippen molar-refractivity contribution in [3.05, 3.63) is 24.3 Å². The molecule has 20 heavy (non-hydrogen) atoms. The third-order valence-electron chi connectivity index (χ3n) is 2.05. The van der Waals surface area contributed by atoms with E-state index in [4.69, 9.17) is 10.5 Å². The Morgan fingerprint density at radius 2 is 2.10 bits per heavy atom. The number of benzene rings is 1. The fourth-order valence-electron chi connectivity index (χ4n) is 1.27. The Kier molecular flexibility index (Phi) is 6.10. The Morgan fingerprint density at radius 3 is 2.75 bits per heavy atom. The Balaban J connectivity index is 2.10. The molecule has 112 valence electrons. The van der Waals surface area contributed by atoms with E-state index in [2.05, 4.69) is 10.1 Å².